The molecule has 0 spiro atoms. The van der Waals surface area contributed by atoms with E-state index in [-0.39, 0.29) is 18.3 Å². The molecule has 0 fully saturated rings. The lowest BCUT2D eigenvalue weighted by molar-refractivity contribution is -0.113. The van der Waals surface area contributed by atoms with E-state index in [9.17, 15) is 9.59 Å². The molecule has 0 saturated carbocycles. The molecule has 168 valence electrons. The Morgan fingerprint density at radius 3 is 2.75 bits per heavy atom. The number of thiophene rings is 1. The van der Waals surface area contributed by atoms with Crippen LogP contribution >= 0.6 is 34.7 Å². The smallest absolute Gasteiger partial charge is 0.340 e. The second-order valence-corrected chi connectivity index (χ2v) is 9.10. The van der Waals surface area contributed by atoms with E-state index in [1.807, 2.05) is 11.5 Å². The van der Waals surface area contributed by atoms with Gasteiger partial charge in [-0.15, -0.1) is 28.1 Å². The van der Waals surface area contributed by atoms with Gasteiger partial charge in [-0.2, -0.15) is 0 Å². The molecular weight excluding hydrogens is 472 g/mol. The van der Waals surface area contributed by atoms with E-state index >= 15 is 0 Å². The van der Waals surface area contributed by atoms with Crippen LogP contribution in [0.2, 0.25) is 5.02 Å². The van der Waals surface area contributed by atoms with Gasteiger partial charge in [0.2, 0.25) is 5.91 Å². The number of aromatic nitrogens is 3. The van der Waals surface area contributed by atoms with Crippen LogP contribution in [-0.4, -0.2) is 39.5 Å². The molecule has 1 aromatic carbocycles. The van der Waals surface area contributed by atoms with Gasteiger partial charge in [0.15, 0.2) is 11.0 Å². The Morgan fingerprint density at radius 2 is 2.06 bits per heavy atom. The van der Waals surface area contributed by atoms with Gasteiger partial charge in [0.25, 0.3) is 0 Å². The quantitative estimate of drug-likeness (QED) is 0.251. The average molecular weight is 493 g/mol. The number of nitrogens with one attached hydrogen (secondary N) is 1. The molecule has 0 aliphatic carbocycles. The molecule has 0 aliphatic heterocycles. The van der Waals surface area contributed by atoms with E-state index in [0.29, 0.717) is 38.9 Å². The number of amides is 1. The van der Waals surface area contributed by atoms with E-state index in [4.69, 9.17) is 21.1 Å². The van der Waals surface area contributed by atoms with Crippen molar-refractivity contribution in [2.24, 2.45) is 0 Å². The second-order valence-electron chi connectivity index (χ2n) is 6.47. The van der Waals surface area contributed by atoms with Gasteiger partial charge in [-0.1, -0.05) is 29.4 Å². The van der Waals surface area contributed by atoms with Crippen molar-refractivity contribution in [1.29, 1.82) is 0 Å². The average Bonchev–Trinajstić information content (AvgIpc) is 3.34. The summed E-state index contributed by atoms with van der Waals surface area (Å²) < 4.78 is 12.4. The lowest BCUT2D eigenvalue weighted by atomic mass is 10.3. The minimum absolute atomic E-state index is 0.0882. The first kappa shape index (κ1) is 23.8. The van der Waals surface area contributed by atoms with Crippen molar-refractivity contribution >= 4 is 51.6 Å². The number of ether oxygens (including phenoxy) is 2. The normalized spacial score (nSPS) is 10.6. The number of aryl methyl sites for hydroxylation is 1. The fourth-order valence-corrected chi connectivity index (χ4v) is 4.49. The maximum Gasteiger partial charge on any atom is 0.340 e. The SMILES string of the molecule is C=CCn1c(COc2ccc(Cl)cc2)nnc1SCC(=O)Nc1sc(C)cc1C(=O)OC. The molecule has 1 N–H and O–H groups in total. The summed E-state index contributed by atoms with van der Waals surface area (Å²) in [5.41, 5.74) is 0.338. The van der Waals surface area contributed by atoms with Crippen molar-refractivity contribution in [3.63, 3.8) is 0 Å². The number of rotatable bonds is 10. The Morgan fingerprint density at radius 1 is 1.31 bits per heavy atom. The molecule has 8 nitrogen and oxygen atoms in total. The van der Waals surface area contributed by atoms with E-state index in [2.05, 4.69) is 22.1 Å². The first-order valence-corrected chi connectivity index (χ1v) is 11.6. The molecule has 32 heavy (non-hydrogen) atoms. The van der Waals surface area contributed by atoms with Crippen molar-refractivity contribution in [2.45, 2.75) is 25.2 Å². The first-order chi connectivity index (χ1) is 15.4. The number of esters is 1. The number of allylic oxidation sites excluding steroid dienone is 1. The third-order valence-electron chi connectivity index (χ3n) is 4.13. The van der Waals surface area contributed by atoms with E-state index in [1.54, 1.807) is 36.4 Å². The molecule has 0 aliphatic rings. The summed E-state index contributed by atoms with van der Waals surface area (Å²) in [6.07, 6.45) is 1.72. The lowest BCUT2D eigenvalue weighted by Gasteiger charge is -2.09. The highest BCUT2D eigenvalue weighted by atomic mass is 35.5. The van der Waals surface area contributed by atoms with Crippen molar-refractivity contribution in [2.75, 3.05) is 18.2 Å². The number of carbonyl (C=O) groups is 2. The fraction of sp³-hybridized carbons (Fsp3) is 0.238. The number of nitrogens with zero attached hydrogens (tertiary/aromatic N) is 3. The van der Waals surface area contributed by atoms with Gasteiger partial charge in [0, 0.05) is 16.4 Å². The van der Waals surface area contributed by atoms with E-state index in [1.165, 1.54) is 30.2 Å². The van der Waals surface area contributed by atoms with Crippen LogP contribution < -0.4 is 10.1 Å². The number of anilines is 1. The zero-order valence-electron chi connectivity index (χ0n) is 17.5. The summed E-state index contributed by atoms with van der Waals surface area (Å²) in [6.45, 7) is 6.29. The first-order valence-electron chi connectivity index (χ1n) is 9.44. The Bertz CT molecular complexity index is 1110. The van der Waals surface area contributed by atoms with Crippen molar-refractivity contribution in [1.82, 2.24) is 14.8 Å². The molecular formula is C21H21ClN4O4S2. The van der Waals surface area contributed by atoms with E-state index in [0.717, 1.165) is 4.88 Å². The third-order valence-corrected chi connectivity index (χ3v) is 6.32. The summed E-state index contributed by atoms with van der Waals surface area (Å²) >= 11 is 8.44. The van der Waals surface area contributed by atoms with Gasteiger partial charge >= 0.3 is 5.97 Å². The molecule has 0 saturated heterocycles. The summed E-state index contributed by atoms with van der Waals surface area (Å²) in [7, 11) is 1.30. The van der Waals surface area contributed by atoms with Crippen molar-refractivity contribution < 1.29 is 19.1 Å². The molecule has 3 aromatic rings. The van der Waals surface area contributed by atoms with Gasteiger partial charge in [-0.05, 0) is 37.3 Å². The number of benzene rings is 1. The van der Waals surface area contributed by atoms with Gasteiger partial charge in [-0.25, -0.2) is 4.79 Å². The largest absolute Gasteiger partial charge is 0.486 e. The number of hydrogen-bond acceptors (Lipinski definition) is 8. The Hall–Kier alpha value is -2.82. The molecule has 11 heteroatoms. The highest BCUT2D eigenvalue weighted by Crippen LogP contribution is 2.29. The molecule has 0 bridgehead atoms. The number of hydrogen-bond donors (Lipinski definition) is 1. The number of thioether (sulfide) groups is 1. The summed E-state index contributed by atoms with van der Waals surface area (Å²) in [4.78, 5) is 25.3. The van der Waals surface area contributed by atoms with Crippen LogP contribution in [0.4, 0.5) is 5.00 Å². The van der Waals surface area contributed by atoms with Crippen LogP contribution in [0.3, 0.4) is 0 Å². The Kier molecular flexibility index (Phi) is 8.32. The second kappa shape index (κ2) is 11.2. The van der Waals surface area contributed by atoms with E-state index < -0.39 is 5.97 Å². The van der Waals surface area contributed by atoms with Crippen molar-refractivity contribution in [3.8, 4) is 5.75 Å². The predicted molar refractivity (Wildman–Crippen MR) is 126 cm³/mol. The third kappa shape index (κ3) is 6.12. The Labute approximate surface area is 198 Å². The molecule has 3 rings (SSSR count). The maximum absolute atomic E-state index is 12.5. The van der Waals surface area contributed by atoms with Gasteiger partial charge in [0.1, 0.15) is 17.4 Å². The fourth-order valence-electron chi connectivity index (χ4n) is 2.69. The minimum atomic E-state index is -0.492. The zero-order chi connectivity index (χ0) is 23.1. The highest BCUT2D eigenvalue weighted by molar-refractivity contribution is 7.99. The van der Waals surface area contributed by atoms with Crippen LogP contribution in [-0.2, 0) is 22.7 Å². The van der Waals surface area contributed by atoms with Crippen molar-refractivity contribution in [3.05, 3.63) is 64.3 Å². The van der Waals surface area contributed by atoms with Crippen LogP contribution in [0, 0.1) is 6.92 Å². The highest BCUT2D eigenvalue weighted by Gasteiger charge is 2.19. The summed E-state index contributed by atoms with van der Waals surface area (Å²) in [5, 5.41) is 12.8. The predicted octanol–water partition coefficient (Wildman–Crippen LogP) is 4.58. The molecule has 0 unspecified atom stereocenters. The molecule has 2 aromatic heterocycles. The summed E-state index contributed by atoms with van der Waals surface area (Å²) in [5.74, 6) is 0.584. The topological polar surface area (TPSA) is 95.3 Å². The minimum Gasteiger partial charge on any atom is -0.486 e. The Balaban J connectivity index is 1.63. The molecule has 1 amide bonds. The number of carbonyl (C=O) groups excluding carboxylic acids is 2. The molecule has 0 radical (unpaired) electrons. The maximum atomic E-state index is 12.5. The van der Waals surface area contributed by atoms with Gasteiger partial charge in [0.05, 0.1) is 18.4 Å². The lowest BCUT2D eigenvalue weighted by Crippen LogP contribution is -2.16. The number of methoxy groups -OCH3 is 1. The van der Waals surface area contributed by atoms with Gasteiger partial charge in [-0.3, -0.25) is 9.36 Å². The van der Waals surface area contributed by atoms with Crippen LogP contribution in [0.25, 0.3) is 0 Å². The monoisotopic (exact) mass is 492 g/mol. The van der Waals surface area contributed by atoms with Gasteiger partial charge < -0.3 is 14.8 Å². The van der Waals surface area contributed by atoms with Crippen LogP contribution in [0.1, 0.15) is 21.1 Å². The van der Waals surface area contributed by atoms with Crippen LogP contribution in [0.15, 0.2) is 48.1 Å². The zero-order valence-corrected chi connectivity index (χ0v) is 19.9. The summed E-state index contributed by atoms with van der Waals surface area (Å²) in [6, 6.07) is 8.71. The molecule has 0 atom stereocenters. The number of halogens is 1. The molecule has 2 heterocycles. The van der Waals surface area contributed by atoms with Crippen LogP contribution in [0.5, 0.6) is 5.75 Å². The standard InChI is InChI=1S/C21H21ClN4O4S2/c1-4-9-26-17(11-30-15-7-5-14(22)6-8-15)24-25-21(26)31-12-18(27)23-19-16(20(28)29-3)10-13(2)32-19/h4-8,10H,1,9,11-12H2,2-3H3,(H,23,27).